The third-order valence-corrected chi connectivity index (χ3v) is 5.25. The van der Waals surface area contributed by atoms with Crippen LogP contribution in [0.1, 0.15) is 19.8 Å². The summed E-state index contributed by atoms with van der Waals surface area (Å²) in [5, 5.41) is 0. The average molecular weight is 415 g/mol. The largest absolute Gasteiger partial charge is 0.474 e. The zero-order valence-corrected chi connectivity index (χ0v) is 16.8. The molecule has 11 nitrogen and oxygen atoms in total. The van der Waals surface area contributed by atoms with E-state index in [-0.39, 0.29) is 29.1 Å². The fourth-order valence-electron chi connectivity index (χ4n) is 3.57. The van der Waals surface area contributed by atoms with E-state index in [2.05, 4.69) is 19.9 Å². The topological polar surface area (TPSA) is 140 Å². The van der Waals surface area contributed by atoms with E-state index < -0.39 is 0 Å². The second-order valence-electron chi connectivity index (χ2n) is 7.33. The van der Waals surface area contributed by atoms with Gasteiger partial charge in [0.2, 0.25) is 17.7 Å². The highest BCUT2D eigenvalue weighted by Crippen LogP contribution is 2.25. The number of rotatable bonds is 4. The Morgan fingerprint density at radius 2 is 1.97 bits per heavy atom. The molecular weight excluding hydrogens is 390 g/mol. The van der Waals surface area contributed by atoms with E-state index in [9.17, 15) is 9.59 Å². The van der Waals surface area contributed by atoms with Crippen molar-refractivity contribution in [3.05, 3.63) is 22.6 Å². The van der Waals surface area contributed by atoms with Crippen LogP contribution in [-0.2, 0) is 9.53 Å². The Hall–Kier alpha value is -3.21. The van der Waals surface area contributed by atoms with Gasteiger partial charge in [-0.3, -0.25) is 14.6 Å². The number of likely N-dealkylation sites (tertiary alicyclic amines) is 1. The summed E-state index contributed by atoms with van der Waals surface area (Å²) in [7, 11) is 0. The van der Waals surface area contributed by atoms with Crippen molar-refractivity contribution in [2.24, 2.45) is 0 Å². The van der Waals surface area contributed by atoms with Crippen LogP contribution < -0.4 is 20.9 Å². The maximum absolute atomic E-state index is 12.4. The van der Waals surface area contributed by atoms with E-state index >= 15 is 0 Å². The minimum absolute atomic E-state index is 0.0416. The summed E-state index contributed by atoms with van der Waals surface area (Å²) in [4.78, 5) is 43.3. The monoisotopic (exact) mass is 415 g/mol. The number of nitrogens with one attached hydrogen (secondary N) is 1. The number of carbonyl (C=O) groups excluding carboxylic acids is 1. The molecule has 2 aromatic heterocycles. The lowest BCUT2D eigenvalue weighted by Gasteiger charge is -2.31. The van der Waals surface area contributed by atoms with Gasteiger partial charge < -0.3 is 25.0 Å². The predicted molar refractivity (Wildman–Crippen MR) is 109 cm³/mol. The SMILES string of the molecule is CC(=O)N1CCC(Oc2cc(-c3cnc(N)[nH]c3=O)nc(N3CCOCC3)n2)CC1. The maximum Gasteiger partial charge on any atom is 0.261 e. The van der Waals surface area contributed by atoms with Crippen LogP contribution in [0.15, 0.2) is 17.1 Å². The van der Waals surface area contributed by atoms with Crippen LogP contribution in [0.5, 0.6) is 5.88 Å². The van der Waals surface area contributed by atoms with Gasteiger partial charge >= 0.3 is 0 Å². The van der Waals surface area contributed by atoms with Gasteiger partial charge in [-0.05, 0) is 0 Å². The average Bonchev–Trinajstić information content (AvgIpc) is 2.74. The molecule has 30 heavy (non-hydrogen) atoms. The summed E-state index contributed by atoms with van der Waals surface area (Å²) in [6, 6.07) is 1.64. The van der Waals surface area contributed by atoms with Gasteiger partial charge in [0.25, 0.3) is 5.56 Å². The summed E-state index contributed by atoms with van der Waals surface area (Å²) >= 11 is 0. The lowest BCUT2D eigenvalue weighted by atomic mass is 10.1. The highest BCUT2D eigenvalue weighted by Gasteiger charge is 2.24. The number of ether oxygens (including phenoxy) is 2. The molecule has 0 aliphatic carbocycles. The predicted octanol–water partition coefficient (Wildman–Crippen LogP) is 0.0354. The zero-order valence-electron chi connectivity index (χ0n) is 16.8. The van der Waals surface area contributed by atoms with E-state index in [1.807, 2.05) is 9.80 Å². The van der Waals surface area contributed by atoms with Gasteiger partial charge in [-0.1, -0.05) is 0 Å². The molecule has 1 amide bonds. The molecule has 2 aromatic rings. The summed E-state index contributed by atoms with van der Waals surface area (Å²) in [5.41, 5.74) is 5.89. The van der Waals surface area contributed by atoms with Gasteiger partial charge in [-0.2, -0.15) is 4.98 Å². The van der Waals surface area contributed by atoms with Crippen LogP contribution >= 0.6 is 0 Å². The van der Waals surface area contributed by atoms with Crippen LogP contribution in [0.4, 0.5) is 11.9 Å². The number of aromatic nitrogens is 4. The molecule has 0 radical (unpaired) electrons. The van der Waals surface area contributed by atoms with Crippen molar-refractivity contribution in [1.82, 2.24) is 24.8 Å². The number of nitrogen functional groups attached to an aromatic ring is 1. The lowest BCUT2D eigenvalue weighted by Crippen LogP contribution is -2.41. The fraction of sp³-hybridized carbons (Fsp3) is 0.526. The second-order valence-corrected chi connectivity index (χ2v) is 7.33. The number of nitrogens with zero attached hydrogens (tertiary/aromatic N) is 5. The molecule has 0 spiro atoms. The first-order valence-electron chi connectivity index (χ1n) is 9.98. The summed E-state index contributed by atoms with van der Waals surface area (Å²) in [5.74, 6) is 0.976. The van der Waals surface area contributed by atoms with E-state index in [1.165, 1.54) is 6.20 Å². The highest BCUT2D eigenvalue weighted by molar-refractivity contribution is 5.73. The molecule has 4 rings (SSSR count). The molecule has 0 atom stereocenters. The van der Waals surface area contributed by atoms with Crippen molar-refractivity contribution in [1.29, 1.82) is 0 Å². The molecule has 2 fully saturated rings. The van der Waals surface area contributed by atoms with Gasteiger partial charge in [0.05, 0.1) is 24.5 Å². The van der Waals surface area contributed by atoms with Crippen LogP contribution in [0.3, 0.4) is 0 Å². The molecular formula is C19H25N7O4. The quantitative estimate of drug-likeness (QED) is 0.708. The number of morpholine rings is 1. The molecule has 0 aromatic carbocycles. The molecule has 2 saturated heterocycles. The highest BCUT2D eigenvalue weighted by atomic mass is 16.5. The number of amides is 1. The molecule has 160 valence electrons. The lowest BCUT2D eigenvalue weighted by molar-refractivity contribution is -0.130. The minimum atomic E-state index is -0.380. The molecule has 0 unspecified atom stereocenters. The van der Waals surface area contributed by atoms with Crippen molar-refractivity contribution in [3.8, 4) is 17.1 Å². The van der Waals surface area contributed by atoms with E-state index in [1.54, 1.807) is 13.0 Å². The smallest absolute Gasteiger partial charge is 0.261 e. The Labute approximate surface area is 173 Å². The molecule has 11 heteroatoms. The molecule has 3 N–H and O–H groups in total. The van der Waals surface area contributed by atoms with Gasteiger partial charge in [-0.15, -0.1) is 0 Å². The van der Waals surface area contributed by atoms with Gasteiger partial charge in [0, 0.05) is 58.2 Å². The standard InChI is InChI=1S/C19H25N7O4/c1-12(27)25-4-2-13(3-5-25)30-16-10-15(14-11-21-18(20)24-17(14)28)22-19(23-16)26-6-8-29-9-7-26/h10-11,13H,2-9H2,1H3,(H3,20,21,24,28). The van der Waals surface area contributed by atoms with Crippen molar-refractivity contribution < 1.29 is 14.3 Å². The first-order chi connectivity index (χ1) is 14.5. The number of anilines is 2. The van der Waals surface area contributed by atoms with Crippen molar-refractivity contribution in [2.75, 3.05) is 50.0 Å². The number of carbonyl (C=O) groups is 1. The fourth-order valence-corrected chi connectivity index (χ4v) is 3.57. The van der Waals surface area contributed by atoms with E-state index in [0.717, 1.165) is 12.8 Å². The number of aromatic amines is 1. The maximum atomic E-state index is 12.4. The van der Waals surface area contributed by atoms with Gasteiger partial charge in [0.1, 0.15) is 6.10 Å². The minimum Gasteiger partial charge on any atom is -0.474 e. The Morgan fingerprint density at radius 1 is 1.23 bits per heavy atom. The first-order valence-corrected chi connectivity index (χ1v) is 9.98. The van der Waals surface area contributed by atoms with Crippen LogP contribution in [0, 0.1) is 0 Å². The zero-order chi connectivity index (χ0) is 21.1. The molecule has 4 heterocycles. The number of piperidine rings is 1. The van der Waals surface area contributed by atoms with E-state index in [0.29, 0.717) is 56.9 Å². The Bertz CT molecular complexity index is 966. The Kier molecular flexibility index (Phi) is 5.79. The summed E-state index contributed by atoms with van der Waals surface area (Å²) in [6.07, 6.45) is 2.77. The van der Waals surface area contributed by atoms with Gasteiger partial charge in [0.15, 0.2) is 5.95 Å². The Morgan fingerprint density at radius 3 is 2.63 bits per heavy atom. The van der Waals surface area contributed by atoms with Crippen LogP contribution in [0.2, 0.25) is 0 Å². The third kappa shape index (κ3) is 4.51. The molecule has 0 saturated carbocycles. The third-order valence-electron chi connectivity index (χ3n) is 5.25. The van der Waals surface area contributed by atoms with Crippen molar-refractivity contribution in [3.63, 3.8) is 0 Å². The van der Waals surface area contributed by atoms with Crippen LogP contribution in [0.25, 0.3) is 11.3 Å². The summed E-state index contributed by atoms with van der Waals surface area (Å²) < 4.78 is 11.5. The number of hydrogen-bond donors (Lipinski definition) is 2. The normalized spacial score (nSPS) is 17.8. The number of nitrogens with two attached hydrogens (primary N) is 1. The first kappa shape index (κ1) is 20.1. The van der Waals surface area contributed by atoms with Crippen LogP contribution in [-0.4, -0.2) is 76.2 Å². The molecule has 0 bridgehead atoms. The molecule has 2 aliphatic rings. The number of H-pyrrole nitrogens is 1. The Balaban J connectivity index is 1.62. The summed E-state index contributed by atoms with van der Waals surface area (Å²) in [6.45, 7) is 5.33. The number of hydrogen-bond acceptors (Lipinski definition) is 9. The van der Waals surface area contributed by atoms with Gasteiger partial charge in [-0.25, -0.2) is 9.97 Å². The van der Waals surface area contributed by atoms with E-state index in [4.69, 9.17) is 15.2 Å². The van der Waals surface area contributed by atoms with Crippen molar-refractivity contribution in [2.45, 2.75) is 25.9 Å². The second kappa shape index (κ2) is 8.66. The van der Waals surface area contributed by atoms with Crippen molar-refractivity contribution >= 4 is 17.8 Å². The molecule has 2 aliphatic heterocycles.